The van der Waals surface area contributed by atoms with Gasteiger partial charge >= 0.3 is 24.0 Å². The second-order valence-electron chi connectivity index (χ2n) is 13.0. The van der Waals surface area contributed by atoms with Gasteiger partial charge in [0.25, 0.3) is 0 Å². The summed E-state index contributed by atoms with van der Waals surface area (Å²) in [6.07, 6.45) is 21.0. The smallest absolute Gasteiger partial charge is 0.333 e. The monoisotopic (exact) mass is 593 g/mol. The molecular weight excluding hydrogens is 542 g/mol. The van der Waals surface area contributed by atoms with E-state index in [1.807, 2.05) is 31.2 Å². The van der Waals surface area contributed by atoms with Crippen LogP contribution < -0.4 is 14.2 Å². The van der Waals surface area contributed by atoms with E-state index < -0.39 is 0 Å². The van der Waals surface area contributed by atoms with Crippen LogP contribution in [-0.4, -0.2) is 40.7 Å². The van der Waals surface area contributed by atoms with Crippen molar-refractivity contribution in [2.45, 2.75) is 116 Å². The van der Waals surface area contributed by atoms with Crippen molar-refractivity contribution in [3.8, 4) is 23.8 Å². The number of ether oxygens (including phenoxy) is 4. The van der Waals surface area contributed by atoms with Crippen molar-refractivity contribution in [2.75, 3.05) is 19.8 Å². The number of carbonyl (C=O) groups excluding carboxylic acids is 1. The van der Waals surface area contributed by atoms with Crippen LogP contribution in [0.25, 0.3) is 0 Å². The zero-order chi connectivity index (χ0) is 29.7. The van der Waals surface area contributed by atoms with E-state index in [1.54, 1.807) is 0 Å². The van der Waals surface area contributed by atoms with E-state index in [4.69, 9.17) is 18.9 Å². The van der Waals surface area contributed by atoms with Crippen molar-refractivity contribution in [1.29, 1.82) is 0 Å². The molecular formula is C35H51N3O5. The maximum Gasteiger partial charge on any atom is 0.333 e. The van der Waals surface area contributed by atoms with Crippen molar-refractivity contribution in [1.82, 2.24) is 15.0 Å². The Balaban J connectivity index is 1.15. The van der Waals surface area contributed by atoms with Gasteiger partial charge < -0.3 is 18.9 Å². The number of rotatable bonds is 12. The largest absolute Gasteiger partial charge is 0.461 e. The van der Waals surface area contributed by atoms with E-state index in [0.29, 0.717) is 12.4 Å². The van der Waals surface area contributed by atoms with E-state index in [9.17, 15) is 4.79 Å². The summed E-state index contributed by atoms with van der Waals surface area (Å²) < 4.78 is 23.4. The molecule has 8 heteroatoms. The molecule has 3 saturated carbocycles. The quantitative estimate of drug-likeness (QED) is 0.138. The third-order valence-corrected chi connectivity index (χ3v) is 9.76. The number of aryl methyl sites for hydroxylation is 1. The Bertz CT molecular complexity index is 1110. The van der Waals surface area contributed by atoms with Crippen molar-refractivity contribution < 1.29 is 23.7 Å². The highest BCUT2D eigenvalue weighted by molar-refractivity contribution is 5.74. The molecule has 8 nitrogen and oxygen atoms in total. The van der Waals surface area contributed by atoms with E-state index in [-0.39, 0.29) is 36.5 Å². The lowest BCUT2D eigenvalue weighted by Crippen LogP contribution is -2.22. The number of esters is 1. The number of hydrogen-bond donors (Lipinski definition) is 0. The maximum absolute atomic E-state index is 13.2. The van der Waals surface area contributed by atoms with Crippen LogP contribution in [0.2, 0.25) is 0 Å². The van der Waals surface area contributed by atoms with Gasteiger partial charge in [0, 0.05) is 6.61 Å². The standard InChI is InChI=1S/C35H51N3O5/c1-26-16-20-31(21-17-26)42-34-36-33(41-25-24-40-23-22-27-10-5-3-2-4-6-11-27)37-35(38-34)43-32(39)30-15-9-14-29(18-19-30)28-12-7-8-13-28/h16-17,20-21,27-30H,2-15,18-19,22-25H2,1H3. The molecule has 3 aliphatic rings. The first-order valence-electron chi connectivity index (χ1n) is 17.1. The Morgan fingerprint density at radius 1 is 0.674 bits per heavy atom. The molecule has 2 atom stereocenters. The fourth-order valence-electron chi connectivity index (χ4n) is 7.20. The van der Waals surface area contributed by atoms with Crippen LogP contribution >= 0.6 is 0 Å². The number of nitrogens with zero attached hydrogens (tertiary/aromatic N) is 3. The Kier molecular flexibility index (Phi) is 12.5. The average Bonchev–Trinajstić information content (AvgIpc) is 3.41. The minimum absolute atomic E-state index is 0.0315. The Hall–Kier alpha value is -2.74. The third-order valence-electron chi connectivity index (χ3n) is 9.76. The highest BCUT2D eigenvalue weighted by Gasteiger charge is 2.31. The predicted octanol–water partition coefficient (Wildman–Crippen LogP) is 8.41. The highest BCUT2D eigenvalue weighted by atomic mass is 16.6. The summed E-state index contributed by atoms with van der Waals surface area (Å²) in [5.41, 5.74) is 1.12. The summed E-state index contributed by atoms with van der Waals surface area (Å²) in [5, 5.41) is 0. The second kappa shape index (κ2) is 16.9. The van der Waals surface area contributed by atoms with Crippen molar-refractivity contribution in [2.24, 2.45) is 23.7 Å². The van der Waals surface area contributed by atoms with Crippen LogP contribution in [0.4, 0.5) is 0 Å². The van der Waals surface area contributed by atoms with Gasteiger partial charge in [-0.3, -0.25) is 4.79 Å². The van der Waals surface area contributed by atoms with Gasteiger partial charge in [0.05, 0.1) is 12.5 Å². The summed E-state index contributed by atoms with van der Waals surface area (Å²) in [6.45, 7) is 3.47. The molecule has 0 N–H and O–H groups in total. The average molecular weight is 594 g/mol. The Morgan fingerprint density at radius 3 is 2.12 bits per heavy atom. The lowest BCUT2D eigenvalue weighted by Gasteiger charge is -2.21. The lowest BCUT2D eigenvalue weighted by atomic mass is 9.85. The van der Waals surface area contributed by atoms with Gasteiger partial charge in [-0.25, -0.2) is 0 Å². The van der Waals surface area contributed by atoms with Crippen molar-refractivity contribution in [3.63, 3.8) is 0 Å². The minimum Gasteiger partial charge on any atom is -0.461 e. The molecule has 0 saturated heterocycles. The molecule has 0 amide bonds. The summed E-state index contributed by atoms with van der Waals surface area (Å²) in [6, 6.07) is 7.61. The zero-order valence-corrected chi connectivity index (χ0v) is 26.1. The fourth-order valence-corrected chi connectivity index (χ4v) is 7.20. The molecule has 2 unspecified atom stereocenters. The number of benzene rings is 1. The van der Waals surface area contributed by atoms with E-state index >= 15 is 0 Å². The van der Waals surface area contributed by atoms with Crippen molar-refractivity contribution in [3.05, 3.63) is 29.8 Å². The third kappa shape index (κ3) is 10.4. The van der Waals surface area contributed by atoms with Crippen LogP contribution in [0, 0.1) is 30.6 Å². The number of carbonyl (C=O) groups is 1. The van der Waals surface area contributed by atoms with Gasteiger partial charge in [0.15, 0.2) is 0 Å². The topological polar surface area (TPSA) is 92.7 Å². The van der Waals surface area contributed by atoms with Crippen molar-refractivity contribution >= 4 is 5.97 Å². The summed E-state index contributed by atoms with van der Waals surface area (Å²) in [4.78, 5) is 26.2. The van der Waals surface area contributed by atoms with Crippen LogP contribution in [0.1, 0.15) is 115 Å². The Labute approximate surface area is 257 Å². The van der Waals surface area contributed by atoms with Crippen LogP contribution in [0.3, 0.4) is 0 Å². The molecule has 0 bridgehead atoms. The first-order valence-corrected chi connectivity index (χ1v) is 17.1. The van der Waals surface area contributed by atoms with E-state index in [0.717, 1.165) is 62.0 Å². The molecule has 3 fully saturated rings. The van der Waals surface area contributed by atoms with Gasteiger partial charge in [-0.05, 0) is 62.5 Å². The first kappa shape index (κ1) is 31.7. The number of aromatic nitrogens is 3. The van der Waals surface area contributed by atoms with Crippen LogP contribution in [-0.2, 0) is 9.53 Å². The molecule has 43 heavy (non-hydrogen) atoms. The lowest BCUT2D eigenvalue weighted by molar-refractivity contribution is -0.140. The second-order valence-corrected chi connectivity index (χ2v) is 13.0. The van der Waals surface area contributed by atoms with Gasteiger partial charge in [-0.2, -0.15) is 0 Å². The normalized spacial score (nSPS) is 22.3. The summed E-state index contributed by atoms with van der Waals surface area (Å²) in [7, 11) is 0. The highest BCUT2D eigenvalue weighted by Crippen LogP contribution is 2.40. The van der Waals surface area contributed by atoms with Crippen LogP contribution in [0.5, 0.6) is 23.8 Å². The van der Waals surface area contributed by atoms with Gasteiger partial charge in [-0.15, -0.1) is 15.0 Å². The molecule has 236 valence electrons. The minimum atomic E-state index is -0.275. The van der Waals surface area contributed by atoms with Crippen LogP contribution in [0.15, 0.2) is 24.3 Å². The molecule has 2 aromatic rings. The number of hydrogen-bond acceptors (Lipinski definition) is 8. The molecule has 5 rings (SSSR count). The maximum atomic E-state index is 13.2. The van der Waals surface area contributed by atoms with E-state index in [1.165, 1.54) is 77.0 Å². The predicted molar refractivity (Wildman–Crippen MR) is 165 cm³/mol. The van der Waals surface area contributed by atoms with Gasteiger partial charge in [-0.1, -0.05) is 101 Å². The molecule has 0 radical (unpaired) electrons. The molecule has 1 aromatic carbocycles. The van der Waals surface area contributed by atoms with Gasteiger partial charge in [0.1, 0.15) is 12.4 Å². The zero-order valence-electron chi connectivity index (χ0n) is 26.1. The van der Waals surface area contributed by atoms with Gasteiger partial charge in [0.2, 0.25) is 0 Å². The SMILES string of the molecule is Cc1ccc(Oc2nc(OCCOCCC3CCCCCCC3)nc(OC(=O)C3CCCC(C4CCCC4)CC3)n2)cc1. The first-order chi connectivity index (χ1) is 21.1. The molecule has 1 aromatic heterocycles. The Morgan fingerprint density at radius 2 is 1.33 bits per heavy atom. The fraction of sp³-hybridized carbons (Fsp3) is 0.714. The molecule has 1 heterocycles. The summed E-state index contributed by atoms with van der Waals surface area (Å²) >= 11 is 0. The van der Waals surface area contributed by atoms with E-state index in [2.05, 4.69) is 15.0 Å². The molecule has 0 spiro atoms. The summed E-state index contributed by atoms with van der Waals surface area (Å²) in [5.74, 6) is 2.52. The molecule has 0 aliphatic heterocycles. The molecule has 3 aliphatic carbocycles.